The second kappa shape index (κ2) is 8.62. The van der Waals surface area contributed by atoms with E-state index in [-0.39, 0.29) is 10.7 Å². The quantitative estimate of drug-likeness (QED) is 0.342. The topological polar surface area (TPSA) is 95.9 Å². The van der Waals surface area contributed by atoms with Gasteiger partial charge in [-0.2, -0.15) is 9.78 Å². The van der Waals surface area contributed by atoms with Crippen LogP contribution in [0.5, 0.6) is 17.2 Å². The third-order valence-electron chi connectivity index (χ3n) is 4.06. The molecule has 0 fully saturated rings. The van der Waals surface area contributed by atoms with Crippen LogP contribution >= 0.6 is 23.6 Å². The summed E-state index contributed by atoms with van der Waals surface area (Å²) in [5, 5.41) is 21.0. The summed E-state index contributed by atoms with van der Waals surface area (Å²) in [7, 11) is 4.61. The molecule has 2 heterocycles. The molecular weight excluding hydrogens is 414 g/mol. The molecule has 0 saturated heterocycles. The third kappa shape index (κ3) is 4.10. The molecule has 0 aliphatic rings. The van der Waals surface area contributed by atoms with Crippen LogP contribution in [-0.2, 0) is 0 Å². The van der Waals surface area contributed by atoms with Gasteiger partial charge in [-0.1, -0.05) is 18.7 Å². The summed E-state index contributed by atoms with van der Waals surface area (Å²) in [4.78, 5) is 5.17. The van der Waals surface area contributed by atoms with E-state index in [9.17, 15) is 5.21 Å². The first-order valence-corrected chi connectivity index (χ1v) is 9.89. The van der Waals surface area contributed by atoms with E-state index in [0.717, 1.165) is 5.69 Å². The van der Waals surface area contributed by atoms with E-state index in [1.807, 2.05) is 5.38 Å². The minimum absolute atomic E-state index is 0.0185. The van der Waals surface area contributed by atoms with Gasteiger partial charge in [0, 0.05) is 10.9 Å². The van der Waals surface area contributed by atoms with Crippen molar-refractivity contribution < 1.29 is 19.4 Å². The molecule has 1 N–H and O–H groups in total. The van der Waals surface area contributed by atoms with Crippen molar-refractivity contribution in [1.82, 2.24) is 19.6 Å². The van der Waals surface area contributed by atoms with E-state index in [1.54, 1.807) is 18.3 Å². The molecule has 0 bridgehead atoms. The van der Waals surface area contributed by atoms with Gasteiger partial charge in [-0.25, -0.2) is 4.98 Å². The standard InChI is InChI=1S/C18H21N5O4S2/c1-10(2)12-9-29-17(20-12)16-21-23(24)18(28)22(16)19-8-11-6-13(25-3)15(27-5)14(7-11)26-4/h6-10,24H,1-5H3/b19-8+. The minimum Gasteiger partial charge on any atom is -0.493 e. The van der Waals surface area contributed by atoms with Crippen molar-refractivity contribution >= 4 is 29.8 Å². The van der Waals surface area contributed by atoms with Crippen molar-refractivity contribution in [2.24, 2.45) is 5.10 Å². The van der Waals surface area contributed by atoms with Crippen LogP contribution in [0, 0.1) is 4.77 Å². The molecule has 154 valence electrons. The van der Waals surface area contributed by atoms with Crippen LogP contribution in [0.2, 0.25) is 0 Å². The average molecular weight is 436 g/mol. The first-order chi connectivity index (χ1) is 13.9. The number of thiazole rings is 1. The highest BCUT2D eigenvalue weighted by Gasteiger charge is 2.17. The summed E-state index contributed by atoms with van der Waals surface area (Å²) >= 11 is 6.64. The molecule has 9 nitrogen and oxygen atoms in total. The molecule has 0 atom stereocenters. The average Bonchev–Trinajstić information content (AvgIpc) is 3.31. The Hall–Kier alpha value is -2.92. The molecule has 0 radical (unpaired) electrons. The van der Waals surface area contributed by atoms with Gasteiger partial charge in [-0.3, -0.25) is 0 Å². The van der Waals surface area contributed by atoms with Crippen molar-refractivity contribution in [2.45, 2.75) is 19.8 Å². The lowest BCUT2D eigenvalue weighted by Gasteiger charge is -2.12. The molecule has 3 rings (SSSR count). The van der Waals surface area contributed by atoms with Crippen LogP contribution in [0.1, 0.15) is 31.0 Å². The maximum atomic E-state index is 9.96. The molecule has 0 unspecified atom stereocenters. The molecule has 1 aromatic carbocycles. The van der Waals surface area contributed by atoms with Gasteiger partial charge < -0.3 is 19.4 Å². The molecule has 0 amide bonds. The summed E-state index contributed by atoms with van der Waals surface area (Å²) < 4.78 is 17.4. The van der Waals surface area contributed by atoms with E-state index in [4.69, 9.17) is 26.4 Å². The lowest BCUT2D eigenvalue weighted by atomic mass is 10.2. The Bertz CT molecular complexity index is 1080. The van der Waals surface area contributed by atoms with Crippen LogP contribution < -0.4 is 14.2 Å². The van der Waals surface area contributed by atoms with Crippen molar-refractivity contribution in [3.63, 3.8) is 0 Å². The van der Waals surface area contributed by atoms with Gasteiger partial charge in [0.25, 0.3) is 4.77 Å². The Labute approximate surface area is 176 Å². The summed E-state index contributed by atoms with van der Waals surface area (Å²) in [5.41, 5.74) is 1.61. The van der Waals surface area contributed by atoms with Gasteiger partial charge in [0.2, 0.25) is 11.6 Å². The number of benzene rings is 1. The number of methoxy groups -OCH3 is 3. The molecule has 0 spiro atoms. The molecule has 0 saturated carbocycles. The zero-order valence-corrected chi connectivity index (χ0v) is 18.2. The number of nitrogens with zero attached hydrogens (tertiary/aromatic N) is 5. The second-order valence-corrected chi connectivity index (χ2v) is 7.47. The van der Waals surface area contributed by atoms with Crippen molar-refractivity contribution in [2.75, 3.05) is 21.3 Å². The molecule has 0 aliphatic carbocycles. The highest BCUT2D eigenvalue weighted by Crippen LogP contribution is 2.37. The van der Waals surface area contributed by atoms with Crippen LogP contribution in [0.25, 0.3) is 10.8 Å². The van der Waals surface area contributed by atoms with E-state index in [0.29, 0.717) is 38.5 Å². The van der Waals surface area contributed by atoms with Gasteiger partial charge in [0.05, 0.1) is 33.2 Å². The van der Waals surface area contributed by atoms with E-state index in [1.165, 1.54) is 37.3 Å². The van der Waals surface area contributed by atoms with Gasteiger partial charge >= 0.3 is 0 Å². The third-order valence-corrected chi connectivity index (χ3v) is 5.25. The minimum atomic E-state index is 0.0185. The molecular formula is C18H21N5O4S2. The van der Waals surface area contributed by atoms with Crippen molar-refractivity contribution in [3.05, 3.63) is 33.5 Å². The van der Waals surface area contributed by atoms with Gasteiger partial charge in [-0.15, -0.1) is 16.4 Å². The molecule has 2 aromatic heterocycles. The van der Waals surface area contributed by atoms with Gasteiger partial charge in [-0.05, 0) is 30.3 Å². The summed E-state index contributed by atoms with van der Waals surface area (Å²) in [6.07, 6.45) is 1.56. The molecule has 11 heteroatoms. The Morgan fingerprint density at radius 1 is 1.17 bits per heavy atom. The molecule has 29 heavy (non-hydrogen) atoms. The zero-order valence-electron chi connectivity index (χ0n) is 16.6. The Balaban J connectivity index is 2.04. The fourth-order valence-corrected chi connectivity index (χ4v) is 3.66. The summed E-state index contributed by atoms with van der Waals surface area (Å²) in [5.74, 6) is 2.10. The maximum Gasteiger partial charge on any atom is 0.258 e. The molecule has 3 aromatic rings. The van der Waals surface area contributed by atoms with E-state index < -0.39 is 0 Å². The fraction of sp³-hybridized carbons (Fsp3) is 0.333. The number of hydrogen-bond donors (Lipinski definition) is 1. The van der Waals surface area contributed by atoms with Crippen molar-refractivity contribution in [3.8, 4) is 28.1 Å². The lowest BCUT2D eigenvalue weighted by molar-refractivity contribution is 0.143. The predicted octanol–water partition coefficient (Wildman–Crippen LogP) is 3.81. The monoisotopic (exact) mass is 435 g/mol. The SMILES string of the molecule is COc1cc(/C=N/n2c(-c3nc(C(C)C)cs3)nn(O)c2=S)cc(OC)c1OC. The van der Waals surface area contributed by atoms with Gasteiger partial charge in [0.1, 0.15) is 0 Å². The first-order valence-electron chi connectivity index (χ1n) is 8.61. The smallest absolute Gasteiger partial charge is 0.258 e. The summed E-state index contributed by atoms with van der Waals surface area (Å²) in [6.45, 7) is 4.11. The zero-order chi connectivity index (χ0) is 21.1. The Morgan fingerprint density at radius 3 is 2.34 bits per heavy atom. The lowest BCUT2D eigenvalue weighted by Crippen LogP contribution is -1.99. The number of ether oxygens (including phenoxy) is 3. The Morgan fingerprint density at radius 2 is 1.83 bits per heavy atom. The number of aromatic nitrogens is 4. The highest BCUT2D eigenvalue weighted by atomic mass is 32.1. The number of hydrogen-bond acceptors (Lipinski definition) is 9. The van der Waals surface area contributed by atoms with Crippen LogP contribution in [0.15, 0.2) is 22.6 Å². The summed E-state index contributed by atoms with van der Waals surface area (Å²) in [6, 6.07) is 3.50. The largest absolute Gasteiger partial charge is 0.493 e. The first kappa shape index (κ1) is 20.8. The Kier molecular flexibility index (Phi) is 6.18. The van der Waals surface area contributed by atoms with E-state index >= 15 is 0 Å². The maximum absolute atomic E-state index is 9.96. The predicted molar refractivity (Wildman–Crippen MR) is 113 cm³/mol. The van der Waals surface area contributed by atoms with Crippen molar-refractivity contribution in [1.29, 1.82) is 0 Å². The van der Waals surface area contributed by atoms with Crippen LogP contribution in [-0.4, -0.2) is 52.4 Å². The van der Waals surface area contributed by atoms with Crippen LogP contribution in [0.3, 0.4) is 0 Å². The second-order valence-electron chi connectivity index (χ2n) is 6.24. The van der Waals surface area contributed by atoms with E-state index in [2.05, 4.69) is 29.0 Å². The van der Waals surface area contributed by atoms with Gasteiger partial charge in [0.15, 0.2) is 16.5 Å². The highest BCUT2D eigenvalue weighted by molar-refractivity contribution is 7.71. The molecule has 0 aliphatic heterocycles. The number of rotatable bonds is 7. The fourth-order valence-electron chi connectivity index (χ4n) is 2.54. The normalized spacial score (nSPS) is 11.4. The van der Waals surface area contributed by atoms with Crippen LogP contribution in [0.4, 0.5) is 0 Å².